The Kier molecular flexibility index (Phi) is 4.01. The van der Waals surface area contributed by atoms with Crippen molar-refractivity contribution in [1.29, 1.82) is 0 Å². The van der Waals surface area contributed by atoms with E-state index in [2.05, 4.69) is 17.1 Å². The maximum atomic E-state index is 6.12. The van der Waals surface area contributed by atoms with Crippen LogP contribution in [-0.2, 0) is 0 Å². The summed E-state index contributed by atoms with van der Waals surface area (Å²) in [5.74, 6) is 0.568. The van der Waals surface area contributed by atoms with E-state index in [0.29, 0.717) is 5.88 Å². The summed E-state index contributed by atoms with van der Waals surface area (Å²) >= 11 is 3.29. The lowest BCUT2D eigenvalue weighted by molar-refractivity contribution is 0.125. The van der Waals surface area contributed by atoms with E-state index in [1.807, 2.05) is 56.6 Å². The molecule has 0 aliphatic carbocycles. The maximum absolute atomic E-state index is 6.12. The van der Waals surface area contributed by atoms with Crippen LogP contribution in [0.25, 0.3) is 31.5 Å². The Hall–Kier alpha value is -2.31. The maximum Gasteiger partial charge on any atom is 0.242 e. The average molecular weight is 367 g/mol. The molecule has 0 radical (unpaired) electrons. The van der Waals surface area contributed by atoms with Crippen molar-refractivity contribution in [3.63, 3.8) is 0 Å². The molecule has 4 aromatic rings. The Balaban J connectivity index is 1.85. The summed E-state index contributed by atoms with van der Waals surface area (Å²) in [6.45, 7) is 6.05. The second-order valence-electron chi connectivity index (χ2n) is 6.58. The average Bonchev–Trinajstić information content (AvgIpc) is 3.24. The van der Waals surface area contributed by atoms with E-state index in [-0.39, 0.29) is 5.60 Å². The van der Waals surface area contributed by atoms with Gasteiger partial charge in [0.05, 0.1) is 20.8 Å². The van der Waals surface area contributed by atoms with Gasteiger partial charge in [-0.15, -0.1) is 22.7 Å². The predicted octanol–water partition coefficient (Wildman–Crippen LogP) is 5.66. The molecule has 0 unspecified atom stereocenters. The van der Waals surface area contributed by atoms with Crippen molar-refractivity contribution in [2.45, 2.75) is 26.4 Å². The molecular weight excluding hydrogens is 350 g/mol. The van der Waals surface area contributed by atoms with Crippen LogP contribution in [0.1, 0.15) is 20.8 Å². The molecule has 0 saturated heterocycles. The fourth-order valence-corrected chi connectivity index (χ4v) is 4.14. The summed E-state index contributed by atoms with van der Waals surface area (Å²) in [5.41, 5.74) is 2.13. The first kappa shape index (κ1) is 16.2. The van der Waals surface area contributed by atoms with Gasteiger partial charge in [0.1, 0.15) is 16.3 Å². The van der Waals surface area contributed by atoms with Gasteiger partial charge in [0.2, 0.25) is 5.88 Å². The zero-order valence-electron chi connectivity index (χ0n) is 14.2. The summed E-state index contributed by atoms with van der Waals surface area (Å²) in [4.78, 5) is 16.1. The van der Waals surface area contributed by atoms with E-state index in [1.54, 1.807) is 22.7 Å². The molecule has 4 nitrogen and oxygen atoms in total. The second kappa shape index (κ2) is 6.20. The fourth-order valence-electron chi connectivity index (χ4n) is 2.43. The first-order valence-corrected chi connectivity index (χ1v) is 9.65. The number of ether oxygens (including phenoxy) is 1. The zero-order valence-corrected chi connectivity index (χ0v) is 15.8. The predicted molar refractivity (Wildman–Crippen MR) is 104 cm³/mol. The van der Waals surface area contributed by atoms with Crippen LogP contribution in [0.5, 0.6) is 5.88 Å². The van der Waals surface area contributed by atoms with Crippen LogP contribution in [0.2, 0.25) is 0 Å². The highest BCUT2D eigenvalue weighted by molar-refractivity contribution is 7.23. The van der Waals surface area contributed by atoms with Crippen molar-refractivity contribution in [3.05, 3.63) is 48.0 Å². The lowest BCUT2D eigenvalue weighted by atomic mass is 10.2. The van der Waals surface area contributed by atoms with Crippen molar-refractivity contribution in [3.8, 4) is 26.3 Å². The Morgan fingerprint density at radius 1 is 0.920 bits per heavy atom. The number of benzene rings is 1. The molecule has 0 spiro atoms. The minimum absolute atomic E-state index is 0.346. The van der Waals surface area contributed by atoms with E-state index in [4.69, 9.17) is 14.7 Å². The van der Waals surface area contributed by atoms with Crippen LogP contribution < -0.4 is 4.74 Å². The minimum Gasteiger partial charge on any atom is -0.470 e. The van der Waals surface area contributed by atoms with Crippen molar-refractivity contribution in [2.24, 2.45) is 0 Å². The molecule has 4 rings (SSSR count). The molecule has 0 aliphatic heterocycles. The fraction of sp³-hybridized carbons (Fsp3) is 0.211. The number of hydrogen-bond donors (Lipinski definition) is 0. The Labute approximate surface area is 154 Å². The number of fused-ring (bicyclic) bond motifs is 1. The summed E-state index contributed by atoms with van der Waals surface area (Å²) in [7, 11) is 0. The molecule has 1 aromatic carbocycles. The molecule has 3 heterocycles. The standard InChI is InChI=1S/C19H17N3OS2/c1-19(2,3)23-17-16(21-12-6-4-5-7-13(12)22-17)14-8-9-15(25-14)18-20-10-11-24-18/h4-11H,1-3H3. The van der Waals surface area contributed by atoms with Crippen LogP contribution in [-0.4, -0.2) is 20.6 Å². The Morgan fingerprint density at radius 2 is 1.64 bits per heavy atom. The SMILES string of the molecule is CC(C)(C)Oc1nc2ccccc2nc1-c1ccc(-c2nccs2)s1. The van der Waals surface area contributed by atoms with Gasteiger partial charge in [0.25, 0.3) is 0 Å². The van der Waals surface area contributed by atoms with Gasteiger partial charge in [0.15, 0.2) is 0 Å². The van der Waals surface area contributed by atoms with Gasteiger partial charge < -0.3 is 4.74 Å². The number of nitrogens with zero attached hydrogens (tertiary/aromatic N) is 3. The molecular formula is C19H17N3OS2. The van der Waals surface area contributed by atoms with Crippen molar-refractivity contribution in [1.82, 2.24) is 15.0 Å². The zero-order chi connectivity index (χ0) is 17.4. The number of thiazole rings is 1. The number of aromatic nitrogens is 3. The third-order valence-corrected chi connectivity index (χ3v) is 5.46. The molecule has 3 aromatic heterocycles. The van der Waals surface area contributed by atoms with Gasteiger partial charge in [-0.3, -0.25) is 0 Å². The van der Waals surface area contributed by atoms with Gasteiger partial charge in [-0.25, -0.2) is 15.0 Å². The normalized spacial score (nSPS) is 11.8. The quantitative estimate of drug-likeness (QED) is 0.469. The number of rotatable bonds is 3. The second-order valence-corrected chi connectivity index (χ2v) is 8.56. The first-order valence-electron chi connectivity index (χ1n) is 7.95. The molecule has 126 valence electrons. The summed E-state index contributed by atoms with van der Waals surface area (Å²) in [5, 5.41) is 3.00. The highest BCUT2D eigenvalue weighted by Gasteiger charge is 2.20. The largest absolute Gasteiger partial charge is 0.470 e. The minimum atomic E-state index is -0.346. The van der Waals surface area contributed by atoms with Gasteiger partial charge in [-0.05, 0) is 45.0 Å². The van der Waals surface area contributed by atoms with Gasteiger partial charge in [-0.1, -0.05) is 12.1 Å². The highest BCUT2D eigenvalue weighted by atomic mass is 32.1. The summed E-state index contributed by atoms with van der Waals surface area (Å²) in [6, 6.07) is 12.0. The van der Waals surface area contributed by atoms with E-state index in [9.17, 15) is 0 Å². The molecule has 0 aliphatic rings. The Morgan fingerprint density at radius 3 is 2.32 bits per heavy atom. The Bertz CT molecular complexity index is 1020. The molecule has 0 bridgehead atoms. The van der Waals surface area contributed by atoms with Crippen LogP contribution in [0.15, 0.2) is 48.0 Å². The third-order valence-electron chi connectivity index (χ3n) is 3.42. The lowest BCUT2D eigenvalue weighted by Gasteiger charge is -2.21. The van der Waals surface area contributed by atoms with Crippen LogP contribution in [0.3, 0.4) is 0 Å². The first-order chi connectivity index (χ1) is 12.0. The lowest BCUT2D eigenvalue weighted by Crippen LogP contribution is -2.24. The van der Waals surface area contributed by atoms with Crippen LogP contribution in [0, 0.1) is 0 Å². The molecule has 0 fully saturated rings. The molecule has 0 N–H and O–H groups in total. The van der Waals surface area contributed by atoms with Gasteiger partial charge in [-0.2, -0.15) is 0 Å². The van der Waals surface area contributed by atoms with E-state index < -0.39 is 0 Å². The van der Waals surface area contributed by atoms with Crippen molar-refractivity contribution < 1.29 is 4.74 Å². The summed E-state index contributed by atoms with van der Waals surface area (Å²) < 4.78 is 6.12. The topological polar surface area (TPSA) is 47.9 Å². The monoisotopic (exact) mass is 367 g/mol. The van der Waals surface area contributed by atoms with Gasteiger partial charge >= 0.3 is 0 Å². The number of hydrogen-bond acceptors (Lipinski definition) is 6. The molecule has 25 heavy (non-hydrogen) atoms. The summed E-state index contributed by atoms with van der Waals surface area (Å²) in [6.07, 6.45) is 1.82. The van der Waals surface area contributed by atoms with Crippen molar-refractivity contribution in [2.75, 3.05) is 0 Å². The smallest absolute Gasteiger partial charge is 0.242 e. The third kappa shape index (κ3) is 3.41. The number of para-hydroxylation sites is 2. The molecule has 0 amide bonds. The van der Waals surface area contributed by atoms with Crippen LogP contribution >= 0.6 is 22.7 Å². The number of thiophene rings is 1. The van der Waals surface area contributed by atoms with E-state index >= 15 is 0 Å². The van der Waals surface area contributed by atoms with Crippen LogP contribution in [0.4, 0.5) is 0 Å². The van der Waals surface area contributed by atoms with Crippen molar-refractivity contribution >= 4 is 33.7 Å². The van der Waals surface area contributed by atoms with E-state index in [0.717, 1.165) is 31.5 Å². The highest BCUT2D eigenvalue weighted by Crippen LogP contribution is 2.39. The molecule has 6 heteroatoms. The van der Waals surface area contributed by atoms with E-state index in [1.165, 1.54) is 0 Å². The molecule has 0 atom stereocenters. The molecule has 0 saturated carbocycles. The van der Waals surface area contributed by atoms with Gasteiger partial charge in [0, 0.05) is 11.6 Å².